The van der Waals surface area contributed by atoms with Gasteiger partial charge >= 0.3 is 6.18 Å². The Balaban J connectivity index is 1.34. The van der Waals surface area contributed by atoms with E-state index >= 15 is 0 Å². The lowest BCUT2D eigenvalue weighted by Gasteiger charge is -2.32. The average Bonchev–Trinajstić information content (AvgIpc) is 3.49. The summed E-state index contributed by atoms with van der Waals surface area (Å²) in [6.07, 6.45) is 1.06. The highest BCUT2D eigenvalue weighted by Crippen LogP contribution is 2.38. The van der Waals surface area contributed by atoms with Gasteiger partial charge in [-0.25, -0.2) is 4.98 Å². The molecule has 3 heterocycles. The van der Waals surface area contributed by atoms with Gasteiger partial charge in [0.2, 0.25) is 0 Å². The summed E-state index contributed by atoms with van der Waals surface area (Å²) in [5, 5.41) is 7.00. The zero-order valence-electron chi connectivity index (χ0n) is 14.7. The van der Waals surface area contributed by atoms with Crippen molar-refractivity contribution in [3.63, 3.8) is 0 Å². The molecule has 0 radical (unpaired) electrons. The van der Waals surface area contributed by atoms with E-state index in [0.717, 1.165) is 37.4 Å². The molecule has 2 fully saturated rings. The van der Waals surface area contributed by atoms with Gasteiger partial charge in [-0.05, 0) is 43.7 Å². The fraction of sp³-hybridized carbons (Fsp3) is 0.556. The van der Waals surface area contributed by atoms with Gasteiger partial charge in [-0.2, -0.15) is 13.2 Å². The van der Waals surface area contributed by atoms with Crippen LogP contribution in [0.3, 0.4) is 0 Å². The molecule has 1 aliphatic heterocycles. The fourth-order valence-electron chi connectivity index (χ4n) is 3.45. The van der Waals surface area contributed by atoms with E-state index in [1.807, 2.05) is 4.90 Å². The summed E-state index contributed by atoms with van der Waals surface area (Å²) in [6, 6.07) is 3.97. The lowest BCUT2D eigenvalue weighted by atomic mass is 9.96. The number of nitrogens with zero attached hydrogens (tertiary/aromatic N) is 5. The third kappa shape index (κ3) is 4.12. The van der Waals surface area contributed by atoms with Crippen LogP contribution in [-0.2, 0) is 12.7 Å². The molecular formula is C18H20F3N5O. The SMILES string of the molecule is O=c1cc(C2CC2)ncn1CC1CCN(c2ccc(C(F)(F)F)nn2)CC1. The van der Waals surface area contributed by atoms with E-state index in [2.05, 4.69) is 15.2 Å². The van der Waals surface area contributed by atoms with Crippen molar-refractivity contribution in [1.82, 2.24) is 19.7 Å². The maximum atomic E-state index is 12.6. The largest absolute Gasteiger partial charge is 0.435 e. The Hall–Kier alpha value is -2.45. The minimum atomic E-state index is -4.48. The zero-order valence-corrected chi connectivity index (χ0v) is 14.7. The first kappa shape index (κ1) is 17.9. The van der Waals surface area contributed by atoms with Gasteiger partial charge in [-0.15, -0.1) is 10.2 Å². The average molecular weight is 379 g/mol. The molecular weight excluding hydrogens is 359 g/mol. The summed E-state index contributed by atoms with van der Waals surface area (Å²) in [5.41, 5.74) is -0.0995. The summed E-state index contributed by atoms with van der Waals surface area (Å²) >= 11 is 0. The Bertz CT molecular complexity index is 853. The Labute approximate surface area is 154 Å². The molecule has 9 heteroatoms. The molecule has 2 aromatic heterocycles. The molecule has 1 aliphatic carbocycles. The van der Waals surface area contributed by atoms with E-state index in [-0.39, 0.29) is 5.56 Å². The molecule has 4 rings (SSSR count). The molecule has 1 saturated carbocycles. The summed E-state index contributed by atoms with van der Waals surface area (Å²) in [7, 11) is 0. The summed E-state index contributed by atoms with van der Waals surface area (Å²) in [6.45, 7) is 1.96. The van der Waals surface area contributed by atoms with Crippen molar-refractivity contribution in [3.8, 4) is 0 Å². The van der Waals surface area contributed by atoms with Crippen molar-refractivity contribution in [1.29, 1.82) is 0 Å². The number of hydrogen-bond acceptors (Lipinski definition) is 5. The van der Waals surface area contributed by atoms with E-state index in [4.69, 9.17) is 0 Å². The molecule has 0 unspecified atom stereocenters. The van der Waals surface area contributed by atoms with Gasteiger partial charge in [-0.1, -0.05) is 0 Å². The van der Waals surface area contributed by atoms with Crippen LogP contribution in [0.1, 0.15) is 43.0 Å². The molecule has 0 bridgehead atoms. The fourth-order valence-corrected chi connectivity index (χ4v) is 3.45. The molecule has 0 spiro atoms. The van der Waals surface area contributed by atoms with E-state index in [9.17, 15) is 18.0 Å². The van der Waals surface area contributed by atoms with Crippen LogP contribution in [0.2, 0.25) is 0 Å². The normalized spacial score (nSPS) is 18.7. The molecule has 1 saturated heterocycles. The summed E-state index contributed by atoms with van der Waals surface area (Å²) in [4.78, 5) is 18.6. The number of alkyl halides is 3. The maximum Gasteiger partial charge on any atom is 0.435 e. The lowest BCUT2D eigenvalue weighted by Crippen LogP contribution is -2.37. The van der Waals surface area contributed by atoms with Gasteiger partial charge in [0.25, 0.3) is 5.56 Å². The zero-order chi connectivity index (χ0) is 19.0. The molecule has 27 heavy (non-hydrogen) atoms. The Morgan fingerprint density at radius 2 is 1.81 bits per heavy atom. The van der Waals surface area contributed by atoms with Crippen LogP contribution in [0.5, 0.6) is 0 Å². The molecule has 2 aromatic rings. The number of halogens is 3. The van der Waals surface area contributed by atoms with Crippen LogP contribution in [0.4, 0.5) is 19.0 Å². The van der Waals surface area contributed by atoms with Crippen molar-refractivity contribution in [2.24, 2.45) is 5.92 Å². The quantitative estimate of drug-likeness (QED) is 0.817. The summed E-state index contributed by atoms with van der Waals surface area (Å²) in [5.74, 6) is 1.24. The molecule has 0 atom stereocenters. The van der Waals surface area contributed by atoms with Gasteiger partial charge in [-0.3, -0.25) is 9.36 Å². The van der Waals surface area contributed by atoms with E-state index < -0.39 is 11.9 Å². The highest BCUT2D eigenvalue weighted by atomic mass is 19.4. The first-order valence-electron chi connectivity index (χ1n) is 9.12. The van der Waals surface area contributed by atoms with Gasteiger partial charge < -0.3 is 4.90 Å². The van der Waals surface area contributed by atoms with Crippen molar-refractivity contribution < 1.29 is 13.2 Å². The second kappa shape index (κ2) is 6.94. The smallest absolute Gasteiger partial charge is 0.355 e. The molecule has 0 aromatic carbocycles. The van der Waals surface area contributed by atoms with E-state index in [0.29, 0.717) is 37.3 Å². The Morgan fingerprint density at radius 1 is 1.07 bits per heavy atom. The Morgan fingerprint density at radius 3 is 2.37 bits per heavy atom. The highest BCUT2D eigenvalue weighted by Gasteiger charge is 2.33. The van der Waals surface area contributed by atoms with Gasteiger partial charge in [0, 0.05) is 31.6 Å². The van der Waals surface area contributed by atoms with E-state index in [1.54, 1.807) is 17.0 Å². The van der Waals surface area contributed by atoms with E-state index in [1.165, 1.54) is 6.07 Å². The number of hydrogen-bond donors (Lipinski definition) is 0. The third-order valence-electron chi connectivity index (χ3n) is 5.23. The predicted molar refractivity (Wildman–Crippen MR) is 92.4 cm³/mol. The number of aromatic nitrogens is 4. The topological polar surface area (TPSA) is 63.9 Å². The van der Waals surface area contributed by atoms with Crippen LogP contribution >= 0.6 is 0 Å². The van der Waals surface area contributed by atoms with Crippen LogP contribution in [0.25, 0.3) is 0 Å². The van der Waals surface area contributed by atoms with Crippen molar-refractivity contribution in [2.75, 3.05) is 18.0 Å². The van der Waals surface area contributed by atoms with Gasteiger partial charge in [0.15, 0.2) is 11.5 Å². The first-order chi connectivity index (χ1) is 12.9. The third-order valence-corrected chi connectivity index (χ3v) is 5.23. The predicted octanol–water partition coefficient (Wildman–Crippen LogP) is 2.85. The number of rotatable bonds is 4. The second-order valence-electron chi connectivity index (χ2n) is 7.28. The minimum absolute atomic E-state index is 0.0112. The summed E-state index contributed by atoms with van der Waals surface area (Å²) < 4.78 is 39.4. The van der Waals surface area contributed by atoms with Crippen molar-refractivity contribution >= 4 is 5.82 Å². The molecule has 2 aliphatic rings. The first-order valence-corrected chi connectivity index (χ1v) is 9.12. The van der Waals surface area contributed by atoms with Crippen LogP contribution in [0.15, 0.2) is 29.3 Å². The van der Waals surface area contributed by atoms with Gasteiger partial charge in [0.05, 0.1) is 12.0 Å². The number of piperidine rings is 1. The van der Waals surface area contributed by atoms with Crippen LogP contribution in [0, 0.1) is 5.92 Å². The van der Waals surface area contributed by atoms with Crippen molar-refractivity contribution in [2.45, 2.75) is 44.3 Å². The highest BCUT2D eigenvalue weighted by molar-refractivity contribution is 5.38. The Kier molecular flexibility index (Phi) is 4.61. The molecule has 0 N–H and O–H groups in total. The standard InChI is InChI=1S/C18H20F3N5O/c19-18(20,21)15-3-4-16(24-23-15)25-7-5-12(6-8-25)10-26-11-22-14(9-17(26)27)13-1-2-13/h3-4,9,11-13H,1-2,5-8,10H2. The van der Waals surface area contributed by atoms with Crippen molar-refractivity contribution in [3.05, 3.63) is 46.3 Å². The second-order valence-corrected chi connectivity index (χ2v) is 7.28. The van der Waals surface area contributed by atoms with Crippen LogP contribution < -0.4 is 10.5 Å². The lowest BCUT2D eigenvalue weighted by molar-refractivity contribution is -0.141. The van der Waals surface area contributed by atoms with Crippen LogP contribution in [-0.4, -0.2) is 32.8 Å². The molecule has 144 valence electrons. The monoisotopic (exact) mass is 379 g/mol. The minimum Gasteiger partial charge on any atom is -0.355 e. The molecule has 6 nitrogen and oxygen atoms in total. The number of anilines is 1. The maximum absolute atomic E-state index is 12.6. The molecule has 0 amide bonds. The van der Waals surface area contributed by atoms with Gasteiger partial charge in [0.1, 0.15) is 0 Å².